The first-order chi connectivity index (χ1) is 8.41. The van der Waals surface area contributed by atoms with Gasteiger partial charge in [-0.25, -0.2) is 0 Å². The van der Waals surface area contributed by atoms with Crippen molar-refractivity contribution >= 4 is 5.91 Å². The van der Waals surface area contributed by atoms with Gasteiger partial charge in [0.05, 0.1) is 12.2 Å². The summed E-state index contributed by atoms with van der Waals surface area (Å²) in [5.74, 6) is 0.119. The van der Waals surface area contributed by atoms with E-state index in [1.165, 1.54) is 0 Å². The lowest BCUT2D eigenvalue weighted by Gasteiger charge is -2.38. The van der Waals surface area contributed by atoms with Crippen LogP contribution in [0.4, 0.5) is 0 Å². The number of phenolic OH excluding ortho intramolecular Hbond substituents is 1. The number of carbonyl (C=O) groups is 1. The first kappa shape index (κ1) is 12.9. The lowest BCUT2D eigenvalue weighted by Crippen LogP contribution is -2.50. The Morgan fingerprint density at radius 3 is 2.83 bits per heavy atom. The van der Waals surface area contributed by atoms with Crippen molar-refractivity contribution in [1.29, 1.82) is 0 Å². The van der Waals surface area contributed by atoms with Crippen LogP contribution in [0.1, 0.15) is 29.8 Å². The molecule has 1 amide bonds. The molecular formula is C14H19NO3. The van der Waals surface area contributed by atoms with Crippen LogP contribution in [0, 0.1) is 6.92 Å². The molecule has 1 fully saturated rings. The van der Waals surface area contributed by atoms with Crippen molar-refractivity contribution in [2.45, 2.75) is 26.4 Å². The van der Waals surface area contributed by atoms with Crippen molar-refractivity contribution in [2.75, 3.05) is 19.7 Å². The maximum Gasteiger partial charge on any atom is 0.254 e. The number of amides is 1. The minimum Gasteiger partial charge on any atom is -0.508 e. The summed E-state index contributed by atoms with van der Waals surface area (Å²) in [5, 5.41) is 9.65. The van der Waals surface area contributed by atoms with Gasteiger partial charge in [-0.2, -0.15) is 0 Å². The third-order valence-electron chi connectivity index (χ3n) is 3.25. The second-order valence-electron chi connectivity index (χ2n) is 5.28. The number of hydrogen-bond acceptors (Lipinski definition) is 3. The van der Waals surface area contributed by atoms with Gasteiger partial charge in [0.2, 0.25) is 0 Å². The lowest BCUT2D eigenvalue weighted by atomic mass is 10.0. The molecule has 1 aromatic carbocycles. The third kappa shape index (κ3) is 2.48. The molecule has 0 atom stereocenters. The predicted molar refractivity (Wildman–Crippen MR) is 68.8 cm³/mol. The van der Waals surface area contributed by atoms with Crippen molar-refractivity contribution < 1.29 is 14.6 Å². The number of phenols is 1. The van der Waals surface area contributed by atoms with Crippen LogP contribution in [0.3, 0.4) is 0 Å². The van der Waals surface area contributed by atoms with Crippen LogP contribution in [0.5, 0.6) is 5.75 Å². The Labute approximate surface area is 107 Å². The van der Waals surface area contributed by atoms with E-state index in [2.05, 4.69) is 0 Å². The number of carbonyl (C=O) groups excluding carboxylic acids is 1. The summed E-state index contributed by atoms with van der Waals surface area (Å²) in [4.78, 5) is 14.2. The second kappa shape index (κ2) is 4.61. The fourth-order valence-electron chi connectivity index (χ4n) is 2.22. The van der Waals surface area contributed by atoms with Gasteiger partial charge in [-0.15, -0.1) is 0 Å². The molecule has 0 spiro atoms. The largest absolute Gasteiger partial charge is 0.508 e. The highest BCUT2D eigenvalue weighted by atomic mass is 16.5. The fourth-order valence-corrected chi connectivity index (χ4v) is 2.22. The molecule has 1 aromatic rings. The highest BCUT2D eigenvalue weighted by Gasteiger charge is 2.31. The maximum absolute atomic E-state index is 12.4. The molecule has 1 N–H and O–H groups in total. The Balaban J connectivity index is 2.23. The number of ether oxygens (including phenoxy) is 1. The number of morpholine rings is 1. The molecule has 1 aliphatic rings. The van der Waals surface area contributed by atoms with Crippen molar-refractivity contribution in [3.05, 3.63) is 29.3 Å². The zero-order chi connectivity index (χ0) is 13.3. The Bertz CT molecular complexity index is 468. The van der Waals surface area contributed by atoms with Gasteiger partial charge >= 0.3 is 0 Å². The summed E-state index contributed by atoms with van der Waals surface area (Å²) in [6, 6.07) is 5.04. The van der Waals surface area contributed by atoms with Gasteiger partial charge in [-0.3, -0.25) is 4.79 Å². The van der Waals surface area contributed by atoms with E-state index in [0.29, 0.717) is 30.8 Å². The van der Waals surface area contributed by atoms with Crippen LogP contribution in [-0.4, -0.2) is 41.2 Å². The van der Waals surface area contributed by atoms with Crippen molar-refractivity contribution in [3.8, 4) is 5.75 Å². The molecule has 18 heavy (non-hydrogen) atoms. The molecule has 1 aliphatic heterocycles. The third-order valence-corrected chi connectivity index (χ3v) is 3.25. The molecule has 4 heteroatoms. The van der Waals surface area contributed by atoms with E-state index in [4.69, 9.17) is 4.74 Å². The van der Waals surface area contributed by atoms with Crippen LogP contribution >= 0.6 is 0 Å². The monoisotopic (exact) mass is 249 g/mol. The number of aromatic hydroxyl groups is 1. The quantitative estimate of drug-likeness (QED) is 0.827. The smallest absolute Gasteiger partial charge is 0.254 e. The maximum atomic E-state index is 12.4. The van der Waals surface area contributed by atoms with E-state index in [0.717, 1.165) is 0 Å². The summed E-state index contributed by atoms with van der Waals surface area (Å²) >= 11 is 0. The minimum absolute atomic E-state index is 0.0419. The van der Waals surface area contributed by atoms with Gasteiger partial charge in [-0.05, 0) is 32.9 Å². The van der Waals surface area contributed by atoms with Crippen LogP contribution in [0.25, 0.3) is 0 Å². The average Bonchev–Trinajstić information content (AvgIpc) is 2.30. The van der Waals surface area contributed by atoms with Crippen LogP contribution in [0.2, 0.25) is 0 Å². The number of nitrogens with zero attached hydrogens (tertiary/aromatic N) is 1. The van der Waals surface area contributed by atoms with Gasteiger partial charge in [-0.1, -0.05) is 6.07 Å². The molecule has 4 nitrogen and oxygen atoms in total. The van der Waals surface area contributed by atoms with Crippen LogP contribution in [-0.2, 0) is 4.74 Å². The number of hydrogen-bond donors (Lipinski definition) is 1. The van der Waals surface area contributed by atoms with Crippen molar-refractivity contribution in [3.63, 3.8) is 0 Å². The Kier molecular flexibility index (Phi) is 3.30. The average molecular weight is 249 g/mol. The molecule has 1 saturated heterocycles. The first-order valence-corrected chi connectivity index (χ1v) is 6.12. The van der Waals surface area contributed by atoms with E-state index in [9.17, 15) is 9.90 Å². The zero-order valence-corrected chi connectivity index (χ0v) is 11.1. The second-order valence-corrected chi connectivity index (χ2v) is 5.28. The molecule has 0 aromatic heterocycles. The molecule has 2 rings (SSSR count). The van der Waals surface area contributed by atoms with E-state index in [-0.39, 0.29) is 17.3 Å². The van der Waals surface area contributed by atoms with Crippen molar-refractivity contribution in [2.24, 2.45) is 0 Å². The van der Waals surface area contributed by atoms with Crippen LogP contribution < -0.4 is 0 Å². The minimum atomic E-state index is -0.307. The van der Waals surface area contributed by atoms with E-state index in [1.807, 2.05) is 13.8 Å². The molecule has 98 valence electrons. The summed E-state index contributed by atoms with van der Waals surface area (Å²) in [7, 11) is 0. The van der Waals surface area contributed by atoms with E-state index < -0.39 is 0 Å². The molecule has 0 radical (unpaired) electrons. The van der Waals surface area contributed by atoms with Gasteiger partial charge in [0.1, 0.15) is 5.75 Å². The Morgan fingerprint density at radius 1 is 1.44 bits per heavy atom. The summed E-state index contributed by atoms with van der Waals surface area (Å²) < 4.78 is 5.59. The zero-order valence-electron chi connectivity index (χ0n) is 11.1. The molecule has 0 unspecified atom stereocenters. The standard InChI is InChI=1S/C14H19NO3/c1-10-11(5-4-6-12(10)16)13(17)15-7-8-18-14(2,3)9-15/h4-6,16H,7-9H2,1-3H3. The summed E-state index contributed by atoms with van der Waals surface area (Å²) in [5.41, 5.74) is 0.887. The fraction of sp³-hybridized carbons (Fsp3) is 0.500. The topological polar surface area (TPSA) is 49.8 Å². The molecule has 0 bridgehead atoms. The highest BCUT2D eigenvalue weighted by Crippen LogP contribution is 2.23. The van der Waals surface area contributed by atoms with Gasteiger partial charge < -0.3 is 14.7 Å². The van der Waals surface area contributed by atoms with Gasteiger partial charge in [0.25, 0.3) is 5.91 Å². The molecule has 1 heterocycles. The lowest BCUT2D eigenvalue weighted by molar-refractivity contribution is -0.0764. The molecule has 0 saturated carbocycles. The van der Waals surface area contributed by atoms with Crippen molar-refractivity contribution in [1.82, 2.24) is 4.90 Å². The Morgan fingerprint density at radius 2 is 2.17 bits per heavy atom. The van der Waals surface area contributed by atoms with E-state index >= 15 is 0 Å². The first-order valence-electron chi connectivity index (χ1n) is 6.12. The summed E-state index contributed by atoms with van der Waals surface area (Å²) in [6.07, 6.45) is 0. The highest BCUT2D eigenvalue weighted by molar-refractivity contribution is 5.96. The van der Waals surface area contributed by atoms with Crippen LogP contribution in [0.15, 0.2) is 18.2 Å². The predicted octanol–water partition coefficient (Wildman–Crippen LogP) is 1.95. The molecule has 0 aliphatic carbocycles. The number of rotatable bonds is 1. The number of benzene rings is 1. The van der Waals surface area contributed by atoms with Gasteiger partial charge in [0, 0.05) is 24.2 Å². The Hall–Kier alpha value is -1.55. The summed E-state index contributed by atoms with van der Waals surface area (Å²) in [6.45, 7) is 7.42. The van der Waals surface area contributed by atoms with E-state index in [1.54, 1.807) is 30.0 Å². The molecular weight excluding hydrogens is 230 g/mol. The van der Waals surface area contributed by atoms with Gasteiger partial charge in [0.15, 0.2) is 0 Å². The SMILES string of the molecule is Cc1c(O)cccc1C(=O)N1CCOC(C)(C)C1. The normalized spacial score (nSPS) is 18.7.